The molecule has 3 rings (SSSR count). The monoisotopic (exact) mass is 217 g/mol. The second kappa shape index (κ2) is 3.77. The van der Waals surface area contributed by atoms with Gasteiger partial charge in [-0.2, -0.15) is 0 Å². The fourth-order valence-corrected chi connectivity index (χ4v) is 3.19. The molecule has 1 saturated heterocycles. The lowest BCUT2D eigenvalue weighted by Gasteiger charge is -2.34. The Hall–Kier alpha value is -1.02. The number of nitrogens with one attached hydrogen (secondary N) is 1. The Balaban J connectivity index is 1.91. The van der Waals surface area contributed by atoms with Crippen molar-refractivity contribution in [1.29, 1.82) is 0 Å². The summed E-state index contributed by atoms with van der Waals surface area (Å²) in [6.45, 7) is 2.39. The van der Waals surface area contributed by atoms with Crippen molar-refractivity contribution in [2.75, 3.05) is 20.2 Å². The number of methoxy groups -OCH3 is 1. The lowest BCUT2D eigenvalue weighted by atomic mass is 9.71. The van der Waals surface area contributed by atoms with E-state index in [9.17, 15) is 0 Å². The number of hydrogen-bond acceptors (Lipinski definition) is 2. The molecule has 1 aliphatic heterocycles. The van der Waals surface area contributed by atoms with Crippen LogP contribution in [0.15, 0.2) is 18.2 Å². The maximum Gasteiger partial charge on any atom is 0.119 e. The Morgan fingerprint density at radius 2 is 2.19 bits per heavy atom. The van der Waals surface area contributed by atoms with E-state index in [2.05, 4.69) is 23.5 Å². The Labute approximate surface area is 97.0 Å². The van der Waals surface area contributed by atoms with Crippen LogP contribution in [0, 0.1) is 5.41 Å². The average molecular weight is 217 g/mol. The van der Waals surface area contributed by atoms with Gasteiger partial charge in [-0.3, -0.25) is 0 Å². The van der Waals surface area contributed by atoms with E-state index in [1.807, 2.05) is 0 Å². The lowest BCUT2D eigenvalue weighted by Crippen LogP contribution is -2.31. The van der Waals surface area contributed by atoms with E-state index in [1.54, 1.807) is 7.11 Å². The highest BCUT2D eigenvalue weighted by Crippen LogP contribution is 2.40. The third kappa shape index (κ3) is 1.61. The van der Waals surface area contributed by atoms with Gasteiger partial charge in [-0.25, -0.2) is 0 Å². The van der Waals surface area contributed by atoms with Crippen LogP contribution in [0.5, 0.6) is 5.75 Å². The molecule has 1 aliphatic carbocycles. The average Bonchev–Trinajstić information content (AvgIpc) is 2.76. The Morgan fingerprint density at radius 1 is 1.25 bits per heavy atom. The number of ether oxygens (including phenoxy) is 1. The van der Waals surface area contributed by atoms with E-state index < -0.39 is 0 Å². The Bertz CT molecular complexity index is 394. The molecule has 0 radical (unpaired) electrons. The molecule has 0 saturated carbocycles. The minimum absolute atomic E-state index is 0.541. The SMILES string of the molecule is COc1ccc2c(c1)CC1(CCNC1)CC2. The van der Waals surface area contributed by atoms with Gasteiger partial charge in [0, 0.05) is 6.54 Å². The summed E-state index contributed by atoms with van der Waals surface area (Å²) in [5.41, 5.74) is 3.58. The first-order chi connectivity index (χ1) is 7.81. The number of fused-ring (bicyclic) bond motifs is 1. The first kappa shape index (κ1) is 10.2. The van der Waals surface area contributed by atoms with Gasteiger partial charge < -0.3 is 10.1 Å². The van der Waals surface area contributed by atoms with Crippen molar-refractivity contribution in [2.24, 2.45) is 5.41 Å². The van der Waals surface area contributed by atoms with Gasteiger partial charge in [-0.1, -0.05) is 6.07 Å². The second-order valence-electron chi connectivity index (χ2n) is 5.24. The van der Waals surface area contributed by atoms with Crippen LogP contribution < -0.4 is 10.1 Å². The molecule has 2 heteroatoms. The zero-order chi connectivity index (χ0) is 11.0. The molecule has 1 aromatic rings. The molecular formula is C14H19NO. The summed E-state index contributed by atoms with van der Waals surface area (Å²) < 4.78 is 5.32. The number of aryl methyl sites for hydroxylation is 1. The van der Waals surface area contributed by atoms with E-state index >= 15 is 0 Å². The molecule has 1 atom stereocenters. The zero-order valence-electron chi connectivity index (χ0n) is 9.88. The molecule has 0 aromatic heterocycles. The van der Waals surface area contributed by atoms with Gasteiger partial charge in [0.05, 0.1) is 7.11 Å². The first-order valence-corrected chi connectivity index (χ1v) is 6.18. The topological polar surface area (TPSA) is 21.3 Å². The first-order valence-electron chi connectivity index (χ1n) is 6.18. The summed E-state index contributed by atoms with van der Waals surface area (Å²) in [7, 11) is 1.75. The molecule has 1 spiro atoms. The normalized spacial score (nSPS) is 28.1. The summed E-state index contributed by atoms with van der Waals surface area (Å²) in [6, 6.07) is 6.56. The van der Waals surface area contributed by atoms with Gasteiger partial charge in [0.2, 0.25) is 0 Å². The summed E-state index contributed by atoms with van der Waals surface area (Å²) in [6.07, 6.45) is 5.15. The predicted molar refractivity (Wildman–Crippen MR) is 64.9 cm³/mol. The van der Waals surface area contributed by atoms with Crippen molar-refractivity contribution in [3.8, 4) is 5.75 Å². The predicted octanol–water partition coefficient (Wildman–Crippen LogP) is 2.16. The van der Waals surface area contributed by atoms with Crippen LogP contribution in [0.2, 0.25) is 0 Å². The lowest BCUT2D eigenvalue weighted by molar-refractivity contribution is 0.277. The van der Waals surface area contributed by atoms with Gasteiger partial charge in [-0.15, -0.1) is 0 Å². The third-order valence-electron chi connectivity index (χ3n) is 4.24. The van der Waals surface area contributed by atoms with Crippen molar-refractivity contribution < 1.29 is 4.74 Å². The molecule has 0 amide bonds. The van der Waals surface area contributed by atoms with Crippen LogP contribution in [-0.2, 0) is 12.8 Å². The van der Waals surface area contributed by atoms with Crippen molar-refractivity contribution in [3.63, 3.8) is 0 Å². The molecule has 2 aliphatic rings. The van der Waals surface area contributed by atoms with Gasteiger partial charge in [0.1, 0.15) is 5.75 Å². The highest BCUT2D eigenvalue weighted by Gasteiger charge is 2.36. The van der Waals surface area contributed by atoms with Gasteiger partial charge in [0.15, 0.2) is 0 Å². The second-order valence-corrected chi connectivity index (χ2v) is 5.24. The largest absolute Gasteiger partial charge is 0.497 e. The van der Waals surface area contributed by atoms with Crippen LogP contribution in [0.1, 0.15) is 24.0 Å². The minimum atomic E-state index is 0.541. The fourth-order valence-electron chi connectivity index (χ4n) is 3.19. The standard InChI is InChI=1S/C14H19NO/c1-16-13-3-2-11-4-5-14(6-7-15-10-14)9-12(11)8-13/h2-3,8,15H,4-7,9-10H2,1H3. The quantitative estimate of drug-likeness (QED) is 0.778. The smallest absolute Gasteiger partial charge is 0.119 e. The van der Waals surface area contributed by atoms with E-state index in [0.717, 1.165) is 5.75 Å². The maximum absolute atomic E-state index is 5.32. The van der Waals surface area contributed by atoms with Crippen LogP contribution in [-0.4, -0.2) is 20.2 Å². The molecule has 1 heterocycles. The molecule has 16 heavy (non-hydrogen) atoms. The molecule has 2 nitrogen and oxygen atoms in total. The minimum Gasteiger partial charge on any atom is -0.497 e. The van der Waals surface area contributed by atoms with Crippen LogP contribution in [0.4, 0.5) is 0 Å². The third-order valence-corrected chi connectivity index (χ3v) is 4.24. The van der Waals surface area contributed by atoms with E-state index in [1.165, 1.54) is 49.9 Å². The fraction of sp³-hybridized carbons (Fsp3) is 0.571. The van der Waals surface area contributed by atoms with Gasteiger partial charge in [-0.05, 0) is 60.9 Å². The molecular weight excluding hydrogens is 198 g/mol. The summed E-state index contributed by atoms with van der Waals surface area (Å²) in [5.74, 6) is 1.00. The Morgan fingerprint density at radius 3 is 2.94 bits per heavy atom. The van der Waals surface area contributed by atoms with Crippen molar-refractivity contribution >= 4 is 0 Å². The van der Waals surface area contributed by atoms with Crippen molar-refractivity contribution in [2.45, 2.75) is 25.7 Å². The van der Waals surface area contributed by atoms with E-state index in [0.29, 0.717) is 5.41 Å². The van der Waals surface area contributed by atoms with E-state index in [4.69, 9.17) is 4.74 Å². The zero-order valence-corrected chi connectivity index (χ0v) is 9.88. The number of hydrogen-bond donors (Lipinski definition) is 1. The number of benzene rings is 1. The molecule has 1 unspecified atom stereocenters. The van der Waals surface area contributed by atoms with Gasteiger partial charge in [0.25, 0.3) is 0 Å². The highest BCUT2D eigenvalue weighted by molar-refractivity contribution is 5.38. The van der Waals surface area contributed by atoms with Crippen LogP contribution >= 0.6 is 0 Å². The molecule has 86 valence electrons. The molecule has 0 bridgehead atoms. The van der Waals surface area contributed by atoms with Crippen LogP contribution in [0.3, 0.4) is 0 Å². The maximum atomic E-state index is 5.32. The van der Waals surface area contributed by atoms with Crippen LogP contribution in [0.25, 0.3) is 0 Å². The molecule has 1 N–H and O–H groups in total. The number of rotatable bonds is 1. The van der Waals surface area contributed by atoms with Crippen molar-refractivity contribution in [3.05, 3.63) is 29.3 Å². The molecule has 1 fully saturated rings. The molecule has 1 aromatic carbocycles. The summed E-state index contributed by atoms with van der Waals surface area (Å²) in [4.78, 5) is 0. The Kier molecular flexibility index (Phi) is 2.40. The summed E-state index contributed by atoms with van der Waals surface area (Å²) in [5, 5.41) is 3.51. The van der Waals surface area contributed by atoms with E-state index in [-0.39, 0.29) is 0 Å². The summed E-state index contributed by atoms with van der Waals surface area (Å²) >= 11 is 0. The van der Waals surface area contributed by atoms with Gasteiger partial charge >= 0.3 is 0 Å². The highest BCUT2D eigenvalue weighted by atomic mass is 16.5. The van der Waals surface area contributed by atoms with Crippen molar-refractivity contribution in [1.82, 2.24) is 5.32 Å².